The maximum Gasteiger partial charge on any atom is 0.272 e. The molecule has 220 valence electrons. The van der Waals surface area contributed by atoms with E-state index in [-0.39, 0.29) is 11.4 Å². The average Bonchev–Trinajstić information content (AvgIpc) is 3.55. The molecule has 6 nitrogen and oxygen atoms in total. The Morgan fingerprint density at radius 3 is 2.30 bits per heavy atom. The molecule has 0 saturated heterocycles. The van der Waals surface area contributed by atoms with Crippen molar-refractivity contribution in [2.75, 3.05) is 10.6 Å². The normalized spacial score (nSPS) is 11.8. The molecule has 0 bridgehead atoms. The summed E-state index contributed by atoms with van der Waals surface area (Å²) in [5.74, 6) is -1.88. The highest BCUT2D eigenvalue weighted by molar-refractivity contribution is 9.10. The molecule has 0 spiro atoms. The SMILES string of the molecule is O=C(Nc1cccc(SC(C(=O)Nc2ccc(Br)cc2F)c2ccccc2)c1)/C(=C/c1ccsc1)NC(=O)c1ccccc1. The lowest BCUT2D eigenvalue weighted by atomic mass is 10.1. The highest BCUT2D eigenvalue weighted by Crippen LogP contribution is 2.37. The Kier molecular flexibility index (Phi) is 10.4. The largest absolute Gasteiger partial charge is 0.322 e. The van der Waals surface area contributed by atoms with Crippen LogP contribution in [-0.4, -0.2) is 17.7 Å². The van der Waals surface area contributed by atoms with Crippen molar-refractivity contribution in [1.29, 1.82) is 0 Å². The van der Waals surface area contributed by atoms with Gasteiger partial charge in [-0.2, -0.15) is 11.3 Å². The highest BCUT2D eigenvalue weighted by Gasteiger charge is 2.24. The predicted molar refractivity (Wildman–Crippen MR) is 179 cm³/mol. The lowest BCUT2D eigenvalue weighted by Gasteiger charge is -2.18. The minimum atomic E-state index is -0.718. The van der Waals surface area contributed by atoms with Gasteiger partial charge in [-0.15, -0.1) is 11.8 Å². The van der Waals surface area contributed by atoms with Gasteiger partial charge in [0.25, 0.3) is 11.8 Å². The lowest BCUT2D eigenvalue weighted by Crippen LogP contribution is -2.30. The molecule has 1 aromatic heterocycles. The molecule has 1 heterocycles. The van der Waals surface area contributed by atoms with Gasteiger partial charge in [-0.3, -0.25) is 14.4 Å². The van der Waals surface area contributed by atoms with Crippen molar-refractivity contribution in [3.63, 3.8) is 0 Å². The van der Waals surface area contributed by atoms with Gasteiger partial charge in [0.1, 0.15) is 16.8 Å². The molecule has 0 aliphatic carbocycles. The summed E-state index contributed by atoms with van der Waals surface area (Å²) in [6, 6.07) is 31.1. The van der Waals surface area contributed by atoms with E-state index in [9.17, 15) is 18.8 Å². The fourth-order valence-electron chi connectivity index (χ4n) is 4.14. The van der Waals surface area contributed by atoms with Crippen LogP contribution in [0.5, 0.6) is 0 Å². The molecule has 4 aromatic carbocycles. The van der Waals surface area contributed by atoms with Gasteiger partial charge in [-0.1, -0.05) is 70.5 Å². The smallest absolute Gasteiger partial charge is 0.272 e. The molecule has 1 atom stereocenters. The van der Waals surface area contributed by atoms with Gasteiger partial charge in [-0.25, -0.2) is 4.39 Å². The average molecular weight is 687 g/mol. The molecule has 0 radical (unpaired) electrons. The van der Waals surface area contributed by atoms with E-state index in [2.05, 4.69) is 31.9 Å². The van der Waals surface area contributed by atoms with E-state index in [1.165, 1.54) is 35.2 Å². The molecule has 10 heteroatoms. The first kappa shape index (κ1) is 30.9. The number of carbonyl (C=O) groups is 3. The number of amides is 3. The Hall–Kier alpha value is -4.51. The Morgan fingerprint density at radius 1 is 0.841 bits per heavy atom. The van der Waals surface area contributed by atoms with E-state index in [0.717, 1.165) is 11.1 Å². The molecular formula is C34H25BrFN3O3S2. The zero-order valence-corrected chi connectivity index (χ0v) is 26.2. The molecule has 44 heavy (non-hydrogen) atoms. The first-order valence-electron chi connectivity index (χ1n) is 13.3. The van der Waals surface area contributed by atoms with Crippen LogP contribution in [0, 0.1) is 5.82 Å². The van der Waals surface area contributed by atoms with Crippen molar-refractivity contribution >= 4 is 74.2 Å². The van der Waals surface area contributed by atoms with Crippen LogP contribution in [0.3, 0.4) is 0 Å². The molecule has 1 unspecified atom stereocenters. The van der Waals surface area contributed by atoms with E-state index in [1.54, 1.807) is 54.6 Å². The fourth-order valence-corrected chi connectivity index (χ4v) is 6.17. The summed E-state index contributed by atoms with van der Waals surface area (Å²) in [5, 5.41) is 11.3. The minimum absolute atomic E-state index is 0.0724. The number of thioether (sulfide) groups is 1. The molecule has 0 saturated carbocycles. The predicted octanol–water partition coefficient (Wildman–Crippen LogP) is 8.53. The summed E-state index contributed by atoms with van der Waals surface area (Å²) >= 11 is 5.97. The van der Waals surface area contributed by atoms with E-state index in [4.69, 9.17) is 0 Å². The molecule has 0 fully saturated rings. The second kappa shape index (κ2) is 14.8. The summed E-state index contributed by atoms with van der Waals surface area (Å²) in [6.45, 7) is 0. The number of rotatable bonds is 10. The zero-order valence-electron chi connectivity index (χ0n) is 23.0. The number of hydrogen-bond donors (Lipinski definition) is 3. The number of nitrogens with one attached hydrogen (secondary N) is 3. The van der Waals surface area contributed by atoms with Gasteiger partial charge in [0.05, 0.1) is 5.69 Å². The number of thiophene rings is 1. The maximum atomic E-state index is 14.5. The molecular weight excluding hydrogens is 661 g/mol. The van der Waals surface area contributed by atoms with Crippen molar-refractivity contribution in [3.8, 4) is 0 Å². The Labute approximate surface area is 270 Å². The molecule has 5 rings (SSSR count). The minimum Gasteiger partial charge on any atom is -0.322 e. The zero-order chi connectivity index (χ0) is 30.9. The third kappa shape index (κ3) is 8.31. The van der Waals surface area contributed by atoms with E-state index < -0.39 is 28.8 Å². The second-order valence-electron chi connectivity index (χ2n) is 9.44. The summed E-state index contributed by atoms with van der Waals surface area (Å²) in [7, 11) is 0. The Bertz CT molecular complexity index is 1800. The van der Waals surface area contributed by atoms with Crippen LogP contribution in [0.2, 0.25) is 0 Å². The van der Waals surface area contributed by atoms with Crippen molar-refractivity contribution < 1.29 is 18.8 Å². The van der Waals surface area contributed by atoms with Crippen LogP contribution in [0.15, 0.2) is 135 Å². The van der Waals surface area contributed by atoms with Crippen molar-refractivity contribution in [3.05, 3.63) is 153 Å². The molecule has 3 amide bonds. The van der Waals surface area contributed by atoms with Crippen molar-refractivity contribution in [2.45, 2.75) is 10.1 Å². The molecule has 3 N–H and O–H groups in total. The van der Waals surface area contributed by atoms with Crippen molar-refractivity contribution in [1.82, 2.24) is 5.32 Å². The van der Waals surface area contributed by atoms with Crippen LogP contribution in [-0.2, 0) is 9.59 Å². The van der Waals surface area contributed by atoms with E-state index >= 15 is 0 Å². The molecule has 0 aliphatic rings. The highest BCUT2D eigenvalue weighted by atomic mass is 79.9. The maximum absolute atomic E-state index is 14.5. The summed E-state index contributed by atoms with van der Waals surface area (Å²) in [4.78, 5) is 40.5. The van der Waals surface area contributed by atoms with Gasteiger partial charge in [0.2, 0.25) is 5.91 Å². The fraction of sp³-hybridized carbons (Fsp3) is 0.0294. The first-order chi connectivity index (χ1) is 21.4. The number of anilines is 2. The van der Waals surface area contributed by atoms with Gasteiger partial charge < -0.3 is 16.0 Å². The van der Waals surface area contributed by atoms with Gasteiger partial charge in [0.15, 0.2) is 0 Å². The summed E-state index contributed by atoms with van der Waals surface area (Å²) < 4.78 is 15.1. The standard InChI is InChI=1S/C34H25BrFN3O3S2/c35-25-14-15-29(28(36)19-25)38-34(42)31(23-8-3-1-4-9-23)44-27-13-7-12-26(20-27)37-33(41)30(18-22-16-17-43-21-22)39-32(40)24-10-5-2-6-11-24/h1-21,31H,(H,37,41)(H,38,42)(H,39,40)/b30-18-. The molecule has 5 aromatic rings. The molecule has 0 aliphatic heterocycles. The van der Waals surface area contributed by atoms with Crippen LogP contribution < -0.4 is 16.0 Å². The monoisotopic (exact) mass is 685 g/mol. The quantitative estimate of drug-likeness (QED) is 0.102. The number of benzene rings is 4. The lowest BCUT2D eigenvalue weighted by molar-refractivity contribution is -0.116. The third-order valence-electron chi connectivity index (χ3n) is 6.26. The van der Waals surface area contributed by atoms with Crippen molar-refractivity contribution in [2.24, 2.45) is 0 Å². The first-order valence-corrected chi connectivity index (χ1v) is 16.0. The number of hydrogen-bond acceptors (Lipinski definition) is 5. The van der Waals surface area contributed by atoms with Crippen LogP contribution >= 0.6 is 39.0 Å². The topological polar surface area (TPSA) is 87.3 Å². The third-order valence-corrected chi connectivity index (χ3v) is 8.70. The summed E-state index contributed by atoms with van der Waals surface area (Å²) in [6.07, 6.45) is 1.61. The van der Waals surface area contributed by atoms with Crippen LogP contribution in [0.25, 0.3) is 6.08 Å². The number of halogens is 2. The second-order valence-corrected chi connectivity index (χ2v) is 12.3. The summed E-state index contributed by atoms with van der Waals surface area (Å²) in [5.41, 5.74) is 2.54. The van der Waals surface area contributed by atoms with Gasteiger partial charge in [0, 0.05) is 20.6 Å². The van der Waals surface area contributed by atoms with Gasteiger partial charge >= 0.3 is 0 Å². The van der Waals surface area contributed by atoms with E-state index in [1.807, 2.05) is 59.3 Å². The number of carbonyl (C=O) groups excluding carboxylic acids is 3. The Morgan fingerprint density at radius 2 is 1.59 bits per heavy atom. The Balaban J connectivity index is 1.36. The van der Waals surface area contributed by atoms with E-state index in [0.29, 0.717) is 20.6 Å². The van der Waals surface area contributed by atoms with Crippen LogP contribution in [0.4, 0.5) is 15.8 Å². The van der Waals surface area contributed by atoms with Crippen LogP contribution in [0.1, 0.15) is 26.7 Å². The van der Waals surface area contributed by atoms with Gasteiger partial charge in [-0.05, 0) is 82.6 Å².